The number of halogens is 1. The fraction of sp³-hybridized carbons (Fsp3) is 0.500. The van der Waals surface area contributed by atoms with E-state index in [4.69, 9.17) is 16.7 Å². The molecule has 100 valence electrons. The van der Waals surface area contributed by atoms with Gasteiger partial charge in [-0.2, -0.15) is 4.31 Å². The van der Waals surface area contributed by atoms with E-state index in [-0.39, 0.29) is 29.1 Å². The van der Waals surface area contributed by atoms with E-state index < -0.39 is 10.0 Å². The largest absolute Gasteiger partial charge is 0.395 e. The predicted molar refractivity (Wildman–Crippen MR) is 70.2 cm³/mol. The molecule has 0 aliphatic heterocycles. The molecule has 0 saturated heterocycles. The van der Waals surface area contributed by atoms with Crippen molar-refractivity contribution < 1.29 is 13.5 Å². The number of nitrogens with zero attached hydrogens (tertiary/aromatic N) is 1. The van der Waals surface area contributed by atoms with E-state index in [1.165, 1.54) is 10.4 Å². The monoisotopic (exact) mass is 289 g/mol. The van der Waals surface area contributed by atoms with Gasteiger partial charge in [-0.05, 0) is 31.4 Å². The molecule has 0 spiro atoms. The second-order valence-electron chi connectivity index (χ2n) is 4.46. The molecule has 1 N–H and O–H groups in total. The van der Waals surface area contributed by atoms with Crippen LogP contribution in [0.4, 0.5) is 0 Å². The zero-order chi connectivity index (χ0) is 13.3. The molecule has 0 unspecified atom stereocenters. The average Bonchev–Trinajstić information content (AvgIpc) is 3.13. The lowest BCUT2D eigenvalue weighted by molar-refractivity contribution is 0.250. The molecule has 4 nitrogen and oxygen atoms in total. The van der Waals surface area contributed by atoms with Crippen LogP contribution in [0.5, 0.6) is 0 Å². The molecule has 6 heteroatoms. The molecular weight excluding hydrogens is 274 g/mol. The third kappa shape index (κ3) is 2.54. The molecule has 0 heterocycles. The van der Waals surface area contributed by atoms with Crippen molar-refractivity contribution in [3.05, 3.63) is 28.8 Å². The molecule has 1 fully saturated rings. The number of rotatable bonds is 5. The smallest absolute Gasteiger partial charge is 0.244 e. The van der Waals surface area contributed by atoms with E-state index in [1.54, 1.807) is 19.1 Å². The highest BCUT2D eigenvalue weighted by atomic mass is 35.5. The standard InChI is InChI=1S/C12H16ClNO3S/c1-9-3-2-4-11(12(9)13)18(16,17)14(7-8-15)10-5-6-10/h2-4,10,15H,5-8H2,1H3. The average molecular weight is 290 g/mol. The number of benzene rings is 1. The normalized spacial score (nSPS) is 16.2. The summed E-state index contributed by atoms with van der Waals surface area (Å²) in [5, 5.41) is 9.27. The molecule has 1 aromatic carbocycles. The van der Waals surface area contributed by atoms with Gasteiger partial charge in [0.2, 0.25) is 10.0 Å². The molecule has 1 aliphatic carbocycles. The fourth-order valence-electron chi connectivity index (χ4n) is 1.91. The molecule has 18 heavy (non-hydrogen) atoms. The highest BCUT2D eigenvalue weighted by Gasteiger charge is 2.38. The maximum Gasteiger partial charge on any atom is 0.244 e. The van der Waals surface area contributed by atoms with Crippen molar-refractivity contribution in [3.63, 3.8) is 0 Å². The Morgan fingerprint density at radius 2 is 2.11 bits per heavy atom. The Hall–Kier alpha value is -0.620. The van der Waals surface area contributed by atoms with Crippen molar-refractivity contribution in [2.75, 3.05) is 13.2 Å². The molecule has 0 aromatic heterocycles. The maximum atomic E-state index is 12.5. The zero-order valence-corrected chi connectivity index (χ0v) is 11.7. The molecule has 1 saturated carbocycles. The van der Waals surface area contributed by atoms with Crippen LogP contribution in [0.1, 0.15) is 18.4 Å². The van der Waals surface area contributed by atoms with Crippen LogP contribution in [0.25, 0.3) is 0 Å². The first-order chi connectivity index (χ1) is 8.48. The van der Waals surface area contributed by atoms with Crippen molar-refractivity contribution in [2.24, 2.45) is 0 Å². The van der Waals surface area contributed by atoms with Gasteiger partial charge in [0.25, 0.3) is 0 Å². The van der Waals surface area contributed by atoms with Crippen molar-refractivity contribution in [1.29, 1.82) is 0 Å². The number of hydrogen-bond donors (Lipinski definition) is 1. The third-order valence-corrected chi connectivity index (χ3v) is 5.63. The van der Waals surface area contributed by atoms with Crippen LogP contribution in [0.15, 0.2) is 23.1 Å². The Kier molecular flexibility index (Phi) is 3.96. The van der Waals surface area contributed by atoms with E-state index in [0.717, 1.165) is 18.4 Å². The summed E-state index contributed by atoms with van der Waals surface area (Å²) in [6.45, 7) is 1.71. The SMILES string of the molecule is Cc1cccc(S(=O)(=O)N(CCO)C2CC2)c1Cl. The van der Waals surface area contributed by atoms with Crippen LogP contribution in [-0.4, -0.2) is 37.0 Å². The van der Waals surface area contributed by atoms with Gasteiger partial charge in [-0.1, -0.05) is 23.7 Å². The lowest BCUT2D eigenvalue weighted by Gasteiger charge is -2.21. The van der Waals surface area contributed by atoms with Crippen LogP contribution in [0.2, 0.25) is 5.02 Å². The molecular formula is C12H16ClNO3S. The zero-order valence-electron chi connectivity index (χ0n) is 10.1. The Morgan fingerprint density at radius 3 is 2.67 bits per heavy atom. The minimum atomic E-state index is -3.61. The molecule has 0 radical (unpaired) electrons. The molecule has 1 aromatic rings. The minimum Gasteiger partial charge on any atom is -0.395 e. The van der Waals surface area contributed by atoms with E-state index in [9.17, 15) is 8.42 Å². The first kappa shape index (κ1) is 13.8. The Bertz CT molecular complexity index is 540. The maximum absolute atomic E-state index is 12.5. The first-order valence-corrected chi connectivity index (χ1v) is 7.68. The van der Waals surface area contributed by atoms with Gasteiger partial charge in [-0.25, -0.2) is 8.42 Å². The summed E-state index contributed by atoms with van der Waals surface area (Å²) < 4.78 is 26.4. The van der Waals surface area contributed by atoms with Gasteiger partial charge in [0, 0.05) is 12.6 Å². The summed E-state index contributed by atoms with van der Waals surface area (Å²) in [6.07, 6.45) is 1.70. The van der Waals surface area contributed by atoms with Crippen molar-refractivity contribution in [2.45, 2.75) is 30.7 Å². The van der Waals surface area contributed by atoms with Crippen LogP contribution >= 0.6 is 11.6 Å². The number of aliphatic hydroxyl groups excluding tert-OH is 1. The molecule has 0 amide bonds. The summed E-state index contributed by atoms with van der Waals surface area (Å²) in [5.74, 6) is 0. The Morgan fingerprint density at radius 1 is 1.44 bits per heavy atom. The summed E-state index contributed by atoms with van der Waals surface area (Å²) in [6, 6.07) is 4.98. The fourth-order valence-corrected chi connectivity index (χ4v) is 4.14. The number of aliphatic hydroxyl groups is 1. The topological polar surface area (TPSA) is 57.6 Å². The number of aryl methyl sites for hydroxylation is 1. The van der Waals surface area contributed by atoms with Crippen molar-refractivity contribution in [1.82, 2.24) is 4.31 Å². The quantitative estimate of drug-likeness (QED) is 0.899. The van der Waals surface area contributed by atoms with Crippen molar-refractivity contribution >= 4 is 21.6 Å². The molecule has 1 aliphatic rings. The van der Waals surface area contributed by atoms with Gasteiger partial charge in [0.05, 0.1) is 11.6 Å². The number of hydrogen-bond acceptors (Lipinski definition) is 3. The lowest BCUT2D eigenvalue weighted by atomic mass is 10.2. The van der Waals surface area contributed by atoms with Gasteiger partial charge in [0.1, 0.15) is 4.90 Å². The molecule has 0 atom stereocenters. The number of sulfonamides is 1. The second kappa shape index (κ2) is 5.17. The molecule has 0 bridgehead atoms. The Balaban J connectivity index is 2.43. The van der Waals surface area contributed by atoms with Gasteiger partial charge >= 0.3 is 0 Å². The van der Waals surface area contributed by atoms with E-state index >= 15 is 0 Å². The van der Waals surface area contributed by atoms with Gasteiger partial charge < -0.3 is 5.11 Å². The summed E-state index contributed by atoms with van der Waals surface area (Å²) in [5.41, 5.74) is 0.734. The van der Waals surface area contributed by atoms with Gasteiger partial charge in [-0.15, -0.1) is 0 Å². The Labute approximate surface area is 112 Å². The van der Waals surface area contributed by atoms with E-state index in [1.807, 2.05) is 0 Å². The third-order valence-electron chi connectivity index (χ3n) is 3.02. The predicted octanol–water partition coefficient (Wildman–Crippen LogP) is 1.79. The van der Waals surface area contributed by atoms with Gasteiger partial charge in [-0.3, -0.25) is 0 Å². The minimum absolute atomic E-state index is 0.0127. The van der Waals surface area contributed by atoms with Crippen LogP contribution in [0.3, 0.4) is 0 Å². The summed E-state index contributed by atoms with van der Waals surface area (Å²) >= 11 is 6.08. The lowest BCUT2D eigenvalue weighted by Crippen LogP contribution is -2.35. The second-order valence-corrected chi connectivity index (χ2v) is 6.69. The van der Waals surface area contributed by atoms with Gasteiger partial charge in [0.15, 0.2) is 0 Å². The van der Waals surface area contributed by atoms with Crippen molar-refractivity contribution in [3.8, 4) is 0 Å². The van der Waals surface area contributed by atoms with Crippen LogP contribution in [0, 0.1) is 6.92 Å². The summed E-state index contributed by atoms with van der Waals surface area (Å²) in [7, 11) is -3.61. The van der Waals surface area contributed by atoms with Crippen LogP contribution in [-0.2, 0) is 10.0 Å². The summed E-state index contributed by atoms with van der Waals surface area (Å²) in [4.78, 5) is 0.129. The molecule has 2 rings (SSSR count). The van der Waals surface area contributed by atoms with E-state index in [2.05, 4.69) is 0 Å². The highest BCUT2D eigenvalue weighted by molar-refractivity contribution is 7.89. The van der Waals surface area contributed by atoms with Crippen LogP contribution < -0.4 is 0 Å². The first-order valence-electron chi connectivity index (χ1n) is 5.86. The highest BCUT2D eigenvalue weighted by Crippen LogP contribution is 2.34. The van der Waals surface area contributed by atoms with E-state index in [0.29, 0.717) is 0 Å².